The topological polar surface area (TPSA) is 40.5 Å². The molecule has 0 amide bonds. The van der Waals surface area contributed by atoms with Gasteiger partial charge >= 0.3 is 0 Å². The van der Waals surface area contributed by atoms with Gasteiger partial charge in [-0.05, 0) is 61.7 Å². The Kier molecular flexibility index (Phi) is 4.08. The molecule has 2 fully saturated rings. The Hall–Kier alpha value is -0.0800. The molecule has 0 aromatic carbocycles. The van der Waals surface area contributed by atoms with E-state index < -0.39 is 5.60 Å². The Bertz CT molecular complexity index is 287. The molecule has 2 heteroatoms. The lowest BCUT2D eigenvalue weighted by molar-refractivity contribution is -0.135. The fraction of sp³-hybridized carbons (Fsp3) is 1.00. The molecule has 2 nitrogen and oxygen atoms in total. The molecule has 4 atom stereocenters. The van der Waals surface area contributed by atoms with Gasteiger partial charge in [0.05, 0.1) is 5.60 Å². The number of fused-ring (bicyclic) bond motifs is 1. The van der Waals surface area contributed by atoms with Gasteiger partial charge in [-0.1, -0.05) is 27.2 Å². The first-order chi connectivity index (χ1) is 8.44. The predicted molar refractivity (Wildman–Crippen MR) is 74.3 cm³/mol. The Balaban J connectivity index is 2.24. The zero-order valence-corrected chi connectivity index (χ0v) is 12.3. The molecule has 1 unspecified atom stereocenters. The van der Waals surface area contributed by atoms with E-state index in [2.05, 4.69) is 20.8 Å². The first kappa shape index (κ1) is 14.3. The van der Waals surface area contributed by atoms with Gasteiger partial charge in [-0.15, -0.1) is 0 Å². The van der Waals surface area contributed by atoms with Crippen LogP contribution in [0, 0.1) is 23.2 Å². The standard InChI is InChI=1S/C16H30O2/c1-4-16(18)10-7-13-12(14(16)8-11-17)6-5-9-15(13,2)3/h12-14,17-18H,4-11H2,1-3H3/t12?,13-,14+,16-/m1/s1. The molecule has 0 aromatic heterocycles. The van der Waals surface area contributed by atoms with Crippen LogP contribution in [0.15, 0.2) is 0 Å². The monoisotopic (exact) mass is 254 g/mol. The average molecular weight is 254 g/mol. The van der Waals surface area contributed by atoms with Gasteiger partial charge in [-0.25, -0.2) is 0 Å². The summed E-state index contributed by atoms with van der Waals surface area (Å²) in [6.45, 7) is 7.11. The van der Waals surface area contributed by atoms with E-state index in [0.717, 1.165) is 25.2 Å². The lowest BCUT2D eigenvalue weighted by Gasteiger charge is -2.55. The van der Waals surface area contributed by atoms with Crippen molar-refractivity contribution in [3.05, 3.63) is 0 Å². The molecule has 0 saturated heterocycles. The molecule has 2 aliphatic carbocycles. The van der Waals surface area contributed by atoms with Crippen LogP contribution in [0.25, 0.3) is 0 Å². The van der Waals surface area contributed by atoms with Gasteiger partial charge in [-0.3, -0.25) is 0 Å². The highest BCUT2D eigenvalue weighted by atomic mass is 16.3. The summed E-state index contributed by atoms with van der Waals surface area (Å²) in [4.78, 5) is 0. The highest BCUT2D eigenvalue weighted by Crippen LogP contribution is 2.56. The second kappa shape index (κ2) is 5.13. The van der Waals surface area contributed by atoms with E-state index in [-0.39, 0.29) is 6.61 Å². The van der Waals surface area contributed by atoms with E-state index in [1.165, 1.54) is 25.7 Å². The fourth-order valence-electron chi connectivity index (χ4n) is 4.90. The van der Waals surface area contributed by atoms with E-state index >= 15 is 0 Å². The molecule has 106 valence electrons. The maximum absolute atomic E-state index is 10.9. The van der Waals surface area contributed by atoms with E-state index in [1.807, 2.05) is 0 Å². The molecule has 0 aliphatic heterocycles. The largest absolute Gasteiger partial charge is 0.396 e. The number of rotatable bonds is 3. The molecule has 2 saturated carbocycles. The molecule has 18 heavy (non-hydrogen) atoms. The van der Waals surface area contributed by atoms with Gasteiger partial charge < -0.3 is 10.2 Å². The molecule has 0 aromatic rings. The minimum absolute atomic E-state index is 0.219. The summed E-state index contributed by atoms with van der Waals surface area (Å²) in [6.07, 6.45) is 7.58. The second-order valence-electron chi connectivity index (χ2n) is 7.27. The highest BCUT2D eigenvalue weighted by Gasteiger charge is 2.51. The van der Waals surface area contributed by atoms with Crippen LogP contribution in [-0.2, 0) is 0 Å². The summed E-state index contributed by atoms with van der Waals surface area (Å²) in [5.41, 5.74) is -0.0942. The third-order valence-electron chi connectivity index (χ3n) is 6.03. The van der Waals surface area contributed by atoms with E-state index in [9.17, 15) is 10.2 Å². The average Bonchev–Trinajstić information content (AvgIpc) is 2.32. The predicted octanol–water partition coefficient (Wildman–Crippen LogP) is 3.36. The van der Waals surface area contributed by atoms with E-state index in [0.29, 0.717) is 17.3 Å². The van der Waals surface area contributed by atoms with Crippen LogP contribution < -0.4 is 0 Å². The second-order valence-corrected chi connectivity index (χ2v) is 7.27. The lowest BCUT2D eigenvalue weighted by Crippen LogP contribution is -2.52. The van der Waals surface area contributed by atoms with Crippen LogP contribution in [0.1, 0.15) is 65.7 Å². The molecule has 2 aliphatic rings. The molecule has 0 radical (unpaired) electrons. The minimum atomic E-state index is -0.517. The zero-order chi connectivity index (χ0) is 13.4. The fourth-order valence-corrected chi connectivity index (χ4v) is 4.90. The van der Waals surface area contributed by atoms with Crippen LogP contribution in [0.3, 0.4) is 0 Å². The van der Waals surface area contributed by atoms with Gasteiger partial charge in [0.1, 0.15) is 0 Å². The zero-order valence-electron chi connectivity index (χ0n) is 12.3. The summed E-state index contributed by atoms with van der Waals surface area (Å²) >= 11 is 0. The maximum Gasteiger partial charge on any atom is 0.0676 e. The van der Waals surface area contributed by atoms with Gasteiger partial charge in [0.2, 0.25) is 0 Å². The lowest BCUT2D eigenvalue weighted by atomic mass is 9.52. The Morgan fingerprint density at radius 3 is 2.50 bits per heavy atom. The van der Waals surface area contributed by atoms with Crippen molar-refractivity contribution in [3.63, 3.8) is 0 Å². The molecule has 2 N–H and O–H groups in total. The SMILES string of the molecule is CC[C@@]1(O)CC[C@@H]2C(CCCC2(C)C)[C@@H]1CCO. The number of hydrogen-bond donors (Lipinski definition) is 2. The van der Waals surface area contributed by atoms with Crippen LogP contribution >= 0.6 is 0 Å². The van der Waals surface area contributed by atoms with E-state index in [1.54, 1.807) is 0 Å². The molecular weight excluding hydrogens is 224 g/mol. The van der Waals surface area contributed by atoms with Crippen molar-refractivity contribution in [1.29, 1.82) is 0 Å². The molecule has 0 spiro atoms. The van der Waals surface area contributed by atoms with Crippen molar-refractivity contribution in [2.24, 2.45) is 23.2 Å². The number of aliphatic hydroxyl groups excluding tert-OH is 1. The van der Waals surface area contributed by atoms with Crippen molar-refractivity contribution >= 4 is 0 Å². The Morgan fingerprint density at radius 1 is 1.17 bits per heavy atom. The number of aliphatic hydroxyl groups is 2. The number of hydrogen-bond acceptors (Lipinski definition) is 2. The van der Waals surface area contributed by atoms with E-state index in [4.69, 9.17) is 0 Å². The first-order valence-electron chi connectivity index (χ1n) is 7.78. The van der Waals surface area contributed by atoms with Crippen molar-refractivity contribution in [2.75, 3.05) is 6.61 Å². The van der Waals surface area contributed by atoms with Crippen molar-refractivity contribution in [1.82, 2.24) is 0 Å². The van der Waals surface area contributed by atoms with Crippen molar-refractivity contribution in [2.45, 2.75) is 71.3 Å². The van der Waals surface area contributed by atoms with Crippen LogP contribution in [-0.4, -0.2) is 22.4 Å². The van der Waals surface area contributed by atoms with Gasteiger partial charge in [0.25, 0.3) is 0 Å². The highest BCUT2D eigenvalue weighted by molar-refractivity contribution is 5.01. The van der Waals surface area contributed by atoms with Gasteiger partial charge in [-0.2, -0.15) is 0 Å². The Labute approximate surface area is 112 Å². The molecule has 0 heterocycles. The minimum Gasteiger partial charge on any atom is -0.396 e. The van der Waals surface area contributed by atoms with Crippen LogP contribution in [0.5, 0.6) is 0 Å². The molecule has 0 bridgehead atoms. The molecule has 2 rings (SSSR count). The Morgan fingerprint density at radius 2 is 1.89 bits per heavy atom. The van der Waals surface area contributed by atoms with Crippen molar-refractivity contribution < 1.29 is 10.2 Å². The van der Waals surface area contributed by atoms with Crippen LogP contribution in [0.2, 0.25) is 0 Å². The van der Waals surface area contributed by atoms with Crippen LogP contribution in [0.4, 0.5) is 0 Å². The molecular formula is C16H30O2. The first-order valence-corrected chi connectivity index (χ1v) is 7.78. The third-order valence-corrected chi connectivity index (χ3v) is 6.03. The van der Waals surface area contributed by atoms with Crippen molar-refractivity contribution in [3.8, 4) is 0 Å². The van der Waals surface area contributed by atoms with Gasteiger partial charge in [0.15, 0.2) is 0 Å². The quantitative estimate of drug-likeness (QED) is 0.810. The normalized spacial score (nSPS) is 43.5. The third kappa shape index (κ3) is 2.34. The van der Waals surface area contributed by atoms with Gasteiger partial charge in [0, 0.05) is 6.61 Å². The summed E-state index contributed by atoms with van der Waals surface area (Å²) < 4.78 is 0. The smallest absolute Gasteiger partial charge is 0.0676 e. The maximum atomic E-state index is 10.9. The summed E-state index contributed by atoms with van der Waals surface area (Å²) in [6, 6.07) is 0. The summed E-state index contributed by atoms with van der Waals surface area (Å²) in [5.74, 6) is 1.68. The summed E-state index contributed by atoms with van der Waals surface area (Å²) in [5, 5.41) is 20.2. The summed E-state index contributed by atoms with van der Waals surface area (Å²) in [7, 11) is 0.